The van der Waals surface area contributed by atoms with Crippen molar-refractivity contribution >= 4 is 17.3 Å². The molecular formula is C21H24F2N2O4. The monoisotopic (exact) mass is 406 g/mol. The van der Waals surface area contributed by atoms with Gasteiger partial charge < -0.3 is 24.4 Å². The highest BCUT2D eigenvalue weighted by Gasteiger charge is 2.21. The summed E-state index contributed by atoms with van der Waals surface area (Å²) in [5.74, 6) is -1.26. The van der Waals surface area contributed by atoms with Crippen LogP contribution in [0.2, 0.25) is 0 Å². The molecule has 1 N–H and O–H groups in total. The molecule has 0 aliphatic carbocycles. The van der Waals surface area contributed by atoms with Crippen molar-refractivity contribution < 1.29 is 27.8 Å². The van der Waals surface area contributed by atoms with Gasteiger partial charge in [-0.15, -0.1) is 0 Å². The van der Waals surface area contributed by atoms with E-state index in [0.717, 1.165) is 17.8 Å². The van der Waals surface area contributed by atoms with E-state index >= 15 is 0 Å². The Labute approximate surface area is 168 Å². The van der Waals surface area contributed by atoms with Crippen LogP contribution in [-0.2, 0) is 4.74 Å². The summed E-state index contributed by atoms with van der Waals surface area (Å²) in [4.78, 5) is 14.7. The first-order valence-corrected chi connectivity index (χ1v) is 9.55. The zero-order chi connectivity index (χ0) is 20.8. The molecule has 8 heteroatoms. The Morgan fingerprint density at radius 2 is 1.62 bits per heavy atom. The summed E-state index contributed by atoms with van der Waals surface area (Å²) in [6.45, 7) is 7.16. The fourth-order valence-electron chi connectivity index (χ4n) is 3.12. The molecule has 2 aromatic rings. The molecule has 1 heterocycles. The standard InChI is InChI=1S/C21H24F2N2O4/c1-3-28-19-13-18(25-5-7-27-8-6-25)20(29-4-2)12-17(19)24-21(26)14-9-15(22)11-16(23)10-14/h9-13H,3-8H2,1-2H3,(H,24,26). The molecule has 6 nitrogen and oxygen atoms in total. The van der Waals surface area contributed by atoms with E-state index in [0.29, 0.717) is 62.8 Å². The van der Waals surface area contributed by atoms with E-state index in [1.54, 1.807) is 6.07 Å². The molecule has 1 saturated heterocycles. The molecule has 0 spiro atoms. The fourth-order valence-corrected chi connectivity index (χ4v) is 3.12. The Kier molecular flexibility index (Phi) is 6.87. The second-order valence-corrected chi connectivity index (χ2v) is 6.39. The van der Waals surface area contributed by atoms with E-state index in [1.807, 2.05) is 19.9 Å². The topological polar surface area (TPSA) is 60.0 Å². The predicted octanol–water partition coefficient (Wildman–Crippen LogP) is 3.85. The number of rotatable bonds is 7. The number of carbonyl (C=O) groups excluding carboxylic acids is 1. The summed E-state index contributed by atoms with van der Waals surface area (Å²) in [7, 11) is 0. The zero-order valence-electron chi connectivity index (χ0n) is 16.5. The summed E-state index contributed by atoms with van der Waals surface area (Å²) in [6, 6.07) is 6.15. The highest BCUT2D eigenvalue weighted by atomic mass is 19.1. The molecule has 0 atom stereocenters. The van der Waals surface area contributed by atoms with Crippen molar-refractivity contribution in [1.82, 2.24) is 0 Å². The number of benzene rings is 2. The summed E-state index contributed by atoms with van der Waals surface area (Å²) in [5, 5.41) is 2.67. The number of nitrogens with zero attached hydrogens (tertiary/aromatic N) is 1. The molecule has 1 aliphatic heterocycles. The molecule has 0 bridgehead atoms. The summed E-state index contributed by atoms with van der Waals surface area (Å²) in [6.07, 6.45) is 0. The van der Waals surface area contributed by atoms with Crippen molar-refractivity contribution in [3.05, 3.63) is 47.5 Å². The lowest BCUT2D eigenvalue weighted by molar-refractivity contribution is 0.102. The van der Waals surface area contributed by atoms with Crippen molar-refractivity contribution in [2.24, 2.45) is 0 Å². The van der Waals surface area contributed by atoms with E-state index in [1.165, 1.54) is 0 Å². The van der Waals surface area contributed by atoms with E-state index < -0.39 is 17.5 Å². The maximum atomic E-state index is 13.5. The van der Waals surface area contributed by atoms with Gasteiger partial charge in [-0.25, -0.2) is 8.78 Å². The van der Waals surface area contributed by atoms with Crippen LogP contribution in [0.25, 0.3) is 0 Å². The Hall–Kier alpha value is -2.87. The van der Waals surface area contributed by atoms with Gasteiger partial charge >= 0.3 is 0 Å². The van der Waals surface area contributed by atoms with E-state index in [-0.39, 0.29) is 5.56 Å². The first-order chi connectivity index (χ1) is 14.0. The highest BCUT2D eigenvalue weighted by Crippen LogP contribution is 2.39. The number of halogens is 2. The summed E-state index contributed by atoms with van der Waals surface area (Å²) in [5.41, 5.74) is 1.08. The molecule has 2 aromatic carbocycles. The van der Waals surface area contributed by atoms with Gasteiger partial charge in [-0.2, -0.15) is 0 Å². The molecule has 1 fully saturated rings. The quantitative estimate of drug-likeness (QED) is 0.757. The number of hydrogen-bond acceptors (Lipinski definition) is 5. The largest absolute Gasteiger partial charge is 0.492 e. The van der Waals surface area contributed by atoms with Gasteiger partial charge in [0.25, 0.3) is 5.91 Å². The van der Waals surface area contributed by atoms with Gasteiger partial charge in [0.15, 0.2) is 0 Å². The molecule has 1 aliphatic rings. The number of ether oxygens (including phenoxy) is 3. The Morgan fingerprint density at radius 1 is 1.00 bits per heavy atom. The van der Waals surface area contributed by atoms with Crippen LogP contribution in [0.4, 0.5) is 20.2 Å². The van der Waals surface area contributed by atoms with Crippen molar-refractivity contribution in [3.63, 3.8) is 0 Å². The van der Waals surface area contributed by atoms with Crippen LogP contribution in [0.3, 0.4) is 0 Å². The zero-order valence-corrected chi connectivity index (χ0v) is 16.5. The van der Waals surface area contributed by atoms with Crippen LogP contribution in [0.1, 0.15) is 24.2 Å². The molecule has 3 rings (SSSR count). The van der Waals surface area contributed by atoms with Gasteiger partial charge in [0, 0.05) is 36.9 Å². The van der Waals surface area contributed by atoms with Gasteiger partial charge in [0.2, 0.25) is 0 Å². The average molecular weight is 406 g/mol. The van der Waals surface area contributed by atoms with Gasteiger partial charge in [0.05, 0.1) is 37.8 Å². The minimum atomic E-state index is -0.821. The number of carbonyl (C=O) groups is 1. The molecule has 0 saturated carbocycles. The fraction of sp³-hybridized carbons (Fsp3) is 0.381. The Bertz CT molecular complexity index is 850. The third-order valence-corrected chi connectivity index (χ3v) is 4.39. The third kappa shape index (κ3) is 5.14. The number of amides is 1. The van der Waals surface area contributed by atoms with E-state index in [9.17, 15) is 13.6 Å². The van der Waals surface area contributed by atoms with Crippen LogP contribution in [0.5, 0.6) is 11.5 Å². The Balaban J connectivity index is 1.95. The first-order valence-electron chi connectivity index (χ1n) is 9.55. The molecule has 0 unspecified atom stereocenters. The number of anilines is 2. The van der Waals surface area contributed by atoms with Crippen molar-refractivity contribution in [1.29, 1.82) is 0 Å². The van der Waals surface area contributed by atoms with Crippen LogP contribution >= 0.6 is 0 Å². The smallest absolute Gasteiger partial charge is 0.255 e. The third-order valence-electron chi connectivity index (χ3n) is 4.39. The molecular weight excluding hydrogens is 382 g/mol. The summed E-state index contributed by atoms with van der Waals surface area (Å²) < 4.78 is 43.8. The molecule has 0 aromatic heterocycles. The van der Waals surface area contributed by atoms with Crippen LogP contribution in [0.15, 0.2) is 30.3 Å². The normalized spacial score (nSPS) is 13.9. The first kappa shape index (κ1) is 20.9. The van der Waals surface area contributed by atoms with E-state index in [2.05, 4.69) is 10.2 Å². The molecule has 0 radical (unpaired) electrons. The molecule has 29 heavy (non-hydrogen) atoms. The van der Waals surface area contributed by atoms with Gasteiger partial charge in [-0.05, 0) is 26.0 Å². The second-order valence-electron chi connectivity index (χ2n) is 6.39. The minimum Gasteiger partial charge on any atom is -0.492 e. The Morgan fingerprint density at radius 3 is 2.24 bits per heavy atom. The summed E-state index contributed by atoms with van der Waals surface area (Å²) >= 11 is 0. The van der Waals surface area contributed by atoms with Crippen molar-refractivity contribution in [2.45, 2.75) is 13.8 Å². The van der Waals surface area contributed by atoms with Crippen LogP contribution < -0.4 is 19.7 Å². The van der Waals surface area contributed by atoms with Crippen molar-refractivity contribution in [3.8, 4) is 11.5 Å². The number of nitrogens with one attached hydrogen (secondary N) is 1. The second kappa shape index (κ2) is 9.56. The highest BCUT2D eigenvalue weighted by molar-refractivity contribution is 6.05. The van der Waals surface area contributed by atoms with E-state index in [4.69, 9.17) is 14.2 Å². The average Bonchev–Trinajstić information content (AvgIpc) is 2.70. The number of hydrogen-bond donors (Lipinski definition) is 1. The SMILES string of the molecule is CCOc1cc(N2CCOCC2)c(OCC)cc1NC(=O)c1cc(F)cc(F)c1. The molecule has 156 valence electrons. The predicted molar refractivity (Wildman–Crippen MR) is 106 cm³/mol. The lowest BCUT2D eigenvalue weighted by atomic mass is 10.1. The maximum absolute atomic E-state index is 13.5. The van der Waals surface area contributed by atoms with Crippen molar-refractivity contribution in [2.75, 3.05) is 49.7 Å². The van der Waals surface area contributed by atoms with Crippen LogP contribution in [-0.4, -0.2) is 45.4 Å². The minimum absolute atomic E-state index is 0.125. The van der Waals surface area contributed by atoms with Gasteiger partial charge in [-0.1, -0.05) is 0 Å². The van der Waals surface area contributed by atoms with Crippen LogP contribution in [0, 0.1) is 11.6 Å². The lowest BCUT2D eigenvalue weighted by Crippen LogP contribution is -2.36. The number of morpholine rings is 1. The lowest BCUT2D eigenvalue weighted by Gasteiger charge is -2.31. The maximum Gasteiger partial charge on any atom is 0.255 e. The molecule has 1 amide bonds. The van der Waals surface area contributed by atoms with Gasteiger partial charge in [0.1, 0.15) is 23.1 Å². The van der Waals surface area contributed by atoms with Gasteiger partial charge in [-0.3, -0.25) is 4.79 Å².